The molecule has 2 rings (SSSR count). The maximum absolute atomic E-state index is 11.9. The van der Waals surface area contributed by atoms with Crippen LogP contribution in [0.25, 0.3) is 0 Å². The molecule has 1 unspecified atom stereocenters. The van der Waals surface area contributed by atoms with Gasteiger partial charge < -0.3 is 10.1 Å². The van der Waals surface area contributed by atoms with Gasteiger partial charge in [0.15, 0.2) is 0 Å². The number of carbonyl (C=O) groups is 1. The second-order valence-electron chi connectivity index (χ2n) is 4.49. The number of hydrogen-bond donors (Lipinski definition) is 1. The molecule has 92 valence electrons. The lowest BCUT2D eigenvalue weighted by atomic mass is 10.1. The Morgan fingerprint density at radius 1 is 1.35 bits per heavy atom. The Bertz CT molecular complexity index is 358. The molecule has 0 amide bonds. The van der Waals surface area contributed by atoms with Gasteiger partial charge in [0.25, 0.3) is 0 Å². The number of piperidine rings is 1. The zero-order valence-corrected chi connectivity index (χ0v) is 10.2. The van der Waals surface area contributed by atoms with Crippen molar-refractivity contribution in [1.82, 2.24) is 5.32 Å². The van der Waals surface area contributed by atoms with Crippen molar-refractivity contribution in [2.45, 2.75) is 38.3 Å². The lowest BCUT2D eigenvalue weighted by Gasteiger charge is -2.23. The van der Waals surface area contributed by atoms with E-state index < -0.39 is 0 Å². The first-order chi connectivity index (χ1) is 8.27. The van der Waals surface area contributed by atoms with E-state index in [1.54, 1.807) is 0 Å². The van der Waals surface area contributed by atoms with E-state index in [1.165, 1.54) is 0 Å². The molecule has 3 heteroatoms. The maximum atomic E-state index is 11.9. The molecule has 0 saturated carbocycles. The molecule has 1 N–H and O–H groups in total. The Balaban J connectivity index is 1.89. The predicted octanol–water partition coefficient (Wildman–Crippen LogP) is 2.43. The van der Waals surface area contributed by atoms with Crippen molar-refractivity contribution in [3.05, 3.63) is 35.9 Å². The van der Waals surface area contributed by atoms with Gasteiger partial charge in [0, 0.05) is 0 Å². The maximum Gasteiger partial charge on any atom is 0.323 e. The van der Waals surface area contributed by atoms with E-state index >= 15 is 0 Å². The van der Waals surface area contributed by atoms with E-state index in [9.17, 15) is 4.79 Å². The first-order valence-corrected chi connectivity index (χ1v) is 6.26. The minimum atomic E-state index is -0.174. The average molecular weight is 233 g/mol. The quantitative estimate of drug-likeness (QED) is 0.815. The van der Waals surface area contributed by atoms with Crippen LogP contribution in [0.15, 0.2) is 30.3 Å². The van der Waals surface area contributed by atoms with Gasteiger partial charge in [-0.15, -0.1) is 0 Å². The lowest BCUT2D eigenvalue weighted by Crippen LogP contribution is -2.41. The van der Waals surface area contributed by atoms with Crippen molar-refractivity contribution in [3.63, 3.8) is 0 Å². The molecule has 0 aromatic heterocycles. The number of rotatable bonds is 3. The summed E-state index contributed by atoms with van der Waals surface area (Å²) < 4.78 is 5.47. The highest BCUT2D eigenvalue weighted by Crippen LogP contribution is 2.18. The molecule has 0 bridgehead atoms. The van der Waals surface area contributed by atoms with E-state index in [0.29, 0.717) is 0 Å². The fraction of sp³-hybridized carbons (Fsp3) is 0.500. The Labute approximate surface area is 102 Å². The minimum Gasteiger partial charge on any atom is -0.457 e. The molecule has 1 aliphatic heterocycles. The van der Waals surface area contributed by atoms with Crippen molar-refractivity contribution in [3.8, 4) is 0 Å². The number of ether oxygens (including phenoxy) is 1. The summed E-state index contributed by atoms with van der Waals surface area (Å²) in [6, 6.07) is 9.71. The van der Waals surface area contributed by atoms with Crippen LogP contribution in [0.1, 0.15) is 37.9 Å². The summed E-state index contributed by atoms with van der Waals surface area (Å²) in [5.41, 5.74) is 1.04. The van der Waals surface area contributed by atoms with Crippen LogP contribution in [-0.2, 0) is 9.53 Å². The third-order valence-corrected chi connectivity index (χ3v) is 3.16. The van der Waals surface area contributed by atoms with Gasteiger partial charge in [0.2, 0.25) is 0 Å². The van der Waals surface area contributed by atoms with E-state index in [4.69, 9.17) is 4.74 Å². The summed E-state index contributed by atoms with van der Waals surface area (Å²) >= 11 is 0. The molecular formula is C14H19NO2. The van der Waals surface area contributed by atoms with Crippen molar-refractivity contribution in [2.24, 2.45) is 0 Å². The molecule has 3 nitrogen and oxygen atoms in total. The van der Waals surface area contributed by atoms with Gasteiger partial charge in [-0.05, 0) is 31.9 Å². The first-order valence-electron chi connectivity index (χ1n) is 6.26. The molecule has 1 aromatic carbocycles. The van der Waals surface area contributed by atoms with Gasteiger partial charge in [-0.3, -0.25) is 4.79 Å². The summed E-state index contributed by atoms with van der Waals surface area (Å²) in [5, 5.41) is 3.20. The fourth-order valence-electron chi connectivity index (χ4n) is 2.10. The Kier molecular flexibility index (Phi) is 4.15. The van der Waals surface area contributed by atoms with Crippen LogP contribution in [0, 0.1) is 0 Å². The molecule has 0 radical (unpaired) electrons. The number of hydrogen-bond acceptors (Lipinski definition) is 3. The molecule has 1 heterocycles. The Morgan fingerprint density at radius 3 is 2.76 bits per heavy atom. The molecule has 17 heavy (non-hydrogen) atoms. The largest absolute Gasteiger partial charge is 0.457 e. The van der Waals surface area contributed by atoms with E-state index in [2.05, 4.69) is 5.32 Å². The van der Waals surface area contributed by atoms with Crippen LogP contribution < -0.4 is 5.32 Å². The molecule has 1 aromatic rings. The zero-order chi connectivity index (χ0) is 12.1. The van der Waals surface area contributed by atoms with Crippen LogP contribution >= 0.6 is 0 Å². The molecule has 0 aliphatic carbocycles. The van der Waals surface area contributed by atoms with Crippen molar-refractivity contribution < 1.29 is 9.53 Å². The number of carbonyl (C=O) groups excluding carboxylic acids is 1. The van der Waals surface area contributed by atoms with Gasteiger partial charge in [-0.2, -0.15) is 0 Å². The van der Waals surface area contributed by atoms with Crippen LogP contribution in [0.2, 0.25) is 0 Å². The average Bonchev–Trinajstić information content (AvgIpc) is 2.40. The van der Waals surface area contributed by atoms with Gasteiger partial charge >= 0.3 is 5.97 Å². The Morgan fingerprint density at radius 2 is 2.12 bits per heavy atom. The molecule has 1 saturated heterocycles. The highest BCUT2D eigenvalue weighted by Gasteiger charge is 2.23. The summed E-state index contributed by atoms with van der Waals surface area (Å²) in [7, 11) is 0. The summed E-state index contributed by atoms with van der Waals surface area (Å²) in [6.45, 7) is 2.83. The number of esters is 1. The second kappa shape index (κ2) is 5.82. The van der Waals surface area contributed by atoms with Crippen LogP contribution in [0.5, 0.6) is 0 Å². The molecule has 2 atom stereocenters. The van der Waals surface area contributed by atoms with E-state index in [0.717, 1.165) is 31.4 Å². The van der Waals surface area contributed by atoms with Crippen LogP contribution in [0.3, 0.4) is 0 Å². The first kappa shape index (κ1) is 12.1. The second-order valence-corrected chi connectivity index (χ2v) is 4.49. The van der Waals surface area contributed by atoms with Crippen LogP contribution in [0.4, 0.5) is 0 Å². The lowest BCUT2D eigenvalue weighted by molar-refractivity contribution is -0.151. The monoisotopic (exact) mass is 233 g/mol. The normalized spacial score (nSPS) is 21.8. The van der Waals surface area contributed by atoms with Gasteiger partial charge in [-0.1, -0.05) is 36.8 Å². The number of benzene rings is 1. The Hall–Kier alpha value is -1.35. The molecule has 0 spiro atoms. The smallest absolute Gasteiger partial charge is 0.323 e. The highest BCUT2D eigenvalue weighted by atomic mass is 16.5. The molecular weight excluding hydrogens is 214 g/mol. The summed E-state index contributed by atoms with van der Waals surface area (Å²) in [5.74, 6) is -0.124. The van der Waals surface area contributed by atoms with Gasteiger partial charge in [0.05, 0.1) is 0 Å². The minimum absolute atomic E-state index is 0.116. The zero-order valence-electron chi connectivity index (χ0n) is 10.2. The van der Waals surface area contributed by atoms with Crippen molar-refractivity contribution >= 4 is 5.97 Å². The van der Waals surface area contributed by atoms with Crippen molar-refractivity contribution in [1.29, 1.82) is 0 Å². The predicted molar refractivity (Wildman–Crippen MR) is 66.6 cm³/mol. The molecule has 1 aliphatic rings. The summed E-state index contributed by atoms with van der Waals surface area (Å²) in [4.78, 5) is 11.9. The van der Waals surface area contributed by atoms with Crippen LogP contribution in [-0.4, -0.2) is 18.6 Å². The number of nitrogens with one attached hydrogen (secondary N) is 1. The van der Waals surface area contributed by atoms with Gasteiger partial charge in [-0.25, -0.2) is 0 Å². The van der Waals surface area contributed by atoms with E-state index in [1.807, 2.05) is 37.3 Å². The fourth-order valence-corrected chi connectivity index (χ4v) is 2.10. The van der Waals surface area contributed by atoms with Crippen molar-refractivity contribution in [2.75, 3.05) is 6.54 Å². The summed E-state index contributed by atoms with van der Waals surface area (Å²) in [6.07, 6.45) is 2.97. The third-order valence-electron chi connectivity index (χ3n) is 3.16. The SMILES string of the molecule is C[C@@H](OC(=O)C1CCCCN1)c1ccccc1. The molecule has 1 fully saturated rings. The van der Waals surface area contributed by atoms with Gasteiger partial charge in [0.1, 0.15) is 12.1 Å². The topological polar surface area (TPSA) is 38.3 Å². The standard InChI is InChI=1S/C14H19NO2/c1-11(12-7-3-2-4-8-12)17-14(16)13-9-5-6-10-15-13/h2-4,7-8,11,13,15H,5-6,9-10H2,1H3/t11-,13?/m1/s1. The third kappa shape index (κ3) is 3.30. The highest BCUT2D eigenvalue weighted by molar-refractivity contribution is 5.76. The van der Waals surface area contributed by atoms with E-state index in [-0.39, 0.29) is 18.1 Å².